The molecule has 3 nitrogen and oxygen atoms in total. The highest BCUT2D eigenvalue weighted by Crippen LogP contribution is 2.49. The number of aromatic nitrogens is 1. The molecule has 114 valence electrons. The van der Waals surface area contributed by atoms with Gasteiger partial charge in [0.2, 0.25) is 0 Å². The molecule has 0 saturated heterocycles. The van der Waals surface area contributed by atoms with Crippen LogP contribution >= 0.6 is 10.2 Å². The first-order valence-electron chi connectivity index (χ1n) is 7.13. The molecular formula is C18H20N2OS. The predicted octanol–water partition coefficient (Wildman–Crippen LogP) is 3.95. The Hall–Kier alpha value is -2.20. The molecule has 0 bridgehead atoms. The smallest absolute Gasteiger partial charge is 0.260 e. The summed E-state index contributed by atoms with van der Waals surface area (Å²) in [7, 11) is 0.608. The third-order valence-electron chi connectivity index (χ3n) is 3.79. The Labute approximate surface area is 132 Å². The lowest BCUT2D eigenvalue weighted by Crippen LogP contribution is -2.26. The molecule has 1 N–H and O–H groups in total. The van der Waals surface area contributed by atoms with Crippen LogP contribution in [-0.4, -0.2) is 23.0 Å². The Morgan fingerprint density at radius 3 is 2.36 bits per heavy atom. The number of rotatable bonds is 3. The van der Waals surface area contributed by atoms with Crippen molar-refractivity contribution in [1.82, 2.24) is 9.29 Å². The molecule has 0 radical (unpaired) electrons. The topological polar surface area (TPSA) is 34.0 Å². The summed E-state index contributed by atoms with van der Waals surface area (Å²) in [6, 6.07) is 17.7. The van der Waals surface area contributed by atoms with Crippen LogP contribution in [0, 0.1) is 0 Å². The van der Waals surface area contributed by atoms with Gasteiger partial charge in [-0.2, -0.15) is 0 Å². The summed E-state index contributed by atoms with van der Waals surface area (Å²) >= 11 is 0. The van der Waals surface area contributed by atoms with Gasteiger partial charge in [0, 0.05) is 34.6 Å². The second-order valence-electron chi connectivity index (χ2n) is 5.75. The standard InChI is InChI=1S/C18H20N2OS/c1-20-13-17(15-11-7-8-12-16(15)20)22(2,3)19-18(21)14-9-5-4-6-10-14/h4-13H,1-3H3,(H,19,21). The van der Waals surface area contributed by atoms with Crippen molar-refractivity contribution in [3.8, 4) is 0 Å². The lowest BCUT2D eigenvalue weighted by molar-refractivity contribution is 0.0983. The minimum atomic E-state index is -1.43. The quantitative estimate of drug-likeness (QED) is 0.781. The van der Waals surface area contributed by atoms with E-state index in [4.69, 9.17) is 0 Å². The van der Waals surface area contributed by atoms with E-state index in [1.165, 1.54) is 15.8 Å². The van der Waals surface area contributed by atoms with E-state index >= 15 is 0 Å². The molecule has 0 atom stereocenters. The van der Waals surface area contributed by atoms with Crippen LogP contribution in [-0.2, 0) is 7.05 Å². The van der Waals surface area contributed by atoms with Crippen molar-refractivity contribution < 1.29 is 4.79 Å². The van der Waals surface area contributed by atoms with Crippen molar-refractivity contribution in [2.45, 2.75) is 4.90 Å². The van der Waals surface area contributed by atoms with E-state index in [-0.39, 0.29) is 5.91 Å². The van der Waals surface area contributed by atoms with Gasteiger partial charge in [0.15, 0.2) is 0 Å². The maximum absolute atomic E-state index is 12.5. The normalized spacial score (nSPS) is 12.3. The van der Waals surface area contributed by atoms with Gasteiger partial charge in [-0.25, -0.2) is 0 Å². The van der Waals surface area contributed by atoms with E-state index in [0.29, 0.717) is 5.56 Å². The summed E-state index contributed by atoms with van der Waals surface area (Å²) in [5, 5.41) is 1.21. The summed E-state index contributed by atoms with van der Waals surface area (Å²) in [6.07, 6.45) is 6.37. The summed E-state index contributed by atoms with van der Waals surface area (Å²) < 4.78 is 5.34. The number of para-hydroxylation sites is 1. The van der Waals surface area contributed by atoms with Gasteiger partial charge in [-0.1, -0.05) is 36.4 Å². The molecule has 2 aromatic carbocycles. The van der Waals surface area contributed by atoms with Crippen LogP contribution in [0.15, 0.2) is 65.7 Å². The van der Waals surface area contributed by atoms with E-state index in [1.54, 1.807) is 0 Å². The van der Waals surface area contributed by atoms with E-state index < -0.39 is 10.2 Å². The second kappa shape index (κ2) is 5.54. The van der Waals surface area contributed by atoms with Crippen LogP contribution < -0.4 is 4.72 Å². The summed E-state index contributed by atoms with van der Waals surface area (Å²) in [6.45, 7) is 0. The van der Waals surface area contributed by atoms with Crippen LogP contribution in [0.25, 0.3) is 10.9 Å². The lowest BCUT2D eigenvalue weighted by Gasteiger charge is -2.32. The minimum absolute atomic E-state index is 0.0199. The fourth-order valence-electron chi connectivity index (χ4n) is 2.65. The molecule has 0 spiro atoms. The Balaban J connectivity index is 1.97. The van der Waals surface area contributed by atoms with Crippen LogP contribution in [0.2, 0.25) is 0 Å². The first kappa shape index (κ1) is 14.7. The van der Waals surface area contributed by atoms with Gasteiger partial charge in [-0.05, 0) is 30.7 Å². The highest BCUT2D eigenvalue weighted by Gasteiger charge is 2.22. The average molecular weight is 312 g/mol. The molecule has 1 heterocycles. The number of hydrogen-bond donors (Lipinski definition) is 1. The highest BCUT2D eigenvalue weighted by atomic mass is 32.3. The summed E-state index contributed by atoms with van der Waals surface area (Å²) in [4.78, 5) is 13.7. The predicted molar refractivity (Wildman–Crippen MR) is 94.5 cm³/mol. The van der Waals surface area contributed by atoms with Crippen molar-refractivity contribution in [3.05, 3.63) is 66.4 Å². The molecule has 0 aliphatic heterocycles. The van der Waals surface area contributed by atoms with Crippen molar-refractivity contribution in [1.29, 1.82) is 0 Å². The molecule has 0 saturated carbocycles. The fraction of sp³-hybridized carbons (Fsp3) is 0.167. The highest BCUT2D eigenvalue weighted by molar-refractivity contribution is 8.31. The van der Waals surface area contributed by atoms with E-state index in [0.717, 1.165) is 0 Å². The number of aryl methyl sites for hydroxylation is 1. The number of carbonyl (C=O) groups is 1. The van der Waals surface area contributed by atoms with Crippen molar-refractivity contribution in [3.63, 3.8) is 0 Å². The Kier molecular flexibility index (Phi) is 3.71. The number of benzene rings is 2. The molecular weight excluding hydrogens is 292 g/mol. The third kappa shape index (κ3) is 2.62. The number of hydrogen-bond acceptors (Lipinski definition) is 1. The number of fused-ring (bicyclic) bond motifs is 1. The number of carbonyl (C=O) groups excluding carboxylic acids is 1. The van der Waals surface area contributed by atoms with Gasteiger partial charge >= 0.3 is 0 Å². The SMILES string of the molecule is Cn1cc(S(C)(C)NC(=O)c2ccccc2)c2ccccc21. The molecule has 1 aromatic heterocycles. The van der Waals surface area contributed by atoms with E-state index in [2.05, 4.69) is 40.1 Å². The molecule has 22 heavy (non-hydrogen) atoms. The largest absolute Gasteiger partial charge is 0.349 e. The van der Waals surface area contributed by atoms with E-state index in [1.807, 2.05) is 49.5 Å². The van der Waals surface area contributed by atoms with Crippen molar-refractivity contribution in [2.75, 3.05) is 12.5 Å². The fourth-order valence-corrected chi connectivity index (χ4v) is 4.48. The molecule has 0 aliphatic rings. The molecule has 0 fully saturated rings. The average Bonchev–Trinajstić information content (AvgIpc) is 2.86. The Bertz CT molecular complexity index is 821. The Morgan fingerprint density at radius 1 is 1.00 bits per heavy atom. The summed E-state index contributed by atoms with van der Waals surface area (Å²) in [5.41, 5.74) is 1.88. The number of amides is 1. The zero-order valence-electron chi connectivity index (χ0n) is 13.0. The van der Waals surface area contributed by atoms with Gasteiger partial charge in [0.25, 0.3) is 5.91 Å². The minimum Gasteiger partial charge on any atom is -0.349 e. The molecule has 3 aromatic rings. The molecule has 1 amide bonds. The zero-order chi connectivity index (χ0) is 15.7. The maximum atomic E-state index is 12.5. The third-order valence-corrected chi connectivity index (χ3v) is 5.91. The van der Waals surface area contributed by atoms with Crippen LogP contribution in [0.3, 0.4) is 0 Å². The maximum Gasteiger partial charge on any atom is 0.260 e. The second-order valence-corrected chi connectivity index (χ2v) is 9.04. The molecule has 0 aliphatic carbocycles. The van der Waals surface area contributed by atoms with Crippen LogP contribution in [0.1, 0.15) is 10.4 Å². The zero-order valence-corrected chi connectivity index (χ0v) is 13.9. The molecule has 0 unspecified atom stereocenters. The van der Waals surface area contributed by atoms with Gasteiger partial charge in [0.1, 0.15) is 0 Å². The van der Waals surface area contributed by atoms with Crippen LogP contribution in [0.4, 0.5) is 0 Å². The van der Waals surface area contributed by atoms with Crippen LogP contribution in [0.5, 0.6) is 0 Å². The molecule has 4 heteroatoms. The summed E-state index contributed by atoms with van der Waals surface area (Å²) in [5.74, 6) is -0.0199. The Morgan fingerprint density at radius 2 is 1.64 bits per heavy atom. The molecule has 3 rings (SSSR count). The first-order chi connectivity index (χ1) is 10.5. The van der Waals surface area contributed by atoms with E-state index in [9.17, 15) is 4.79 Å². The van der Waals surface area contributed by atoms with Gasteiger partial charge in [-0.15, -0.1) is 10.2 Å². The monoisotopic (exact) mass is 312 g/mol. The number of nitrogens with one attached hydrogen (secondary N) is 1. The first-order valence-corrected chi connectivity index (χ1v) is 9.58. The number of nitrogens with zero attached hydrogens (tertiary/aromatic N) is 1. The van der Waals surface area contributed by atoms with Crippen molar-refractivity contribution >= 4 is 27.0 Å². The van der Waals surface area contributed by atoms with Gasteiger partial charge in [-0.3, -0.25) is 4.79 Å². The van der Waals surface area contributed by atoms with Gasteiger partial charge in [0.05, 0.1) is 0 Å². The van der Waals surface area contributed by atoms with Crippen molar-refractivity contribution in [2.24, 2.45) is 7.05 Å². The van der Waals surface area contributed by atoms with Gasteiger partial charge < -0.3 is 9.29 Å². The lowest BCUT2D eigenvalue weighted by atomic mass is 10.2.